The Morgan fingerprint density at radius 3 is 2.85 bits per heavy atom. The number of nitrogens with zero attached hydrogens (tertiary/aromatic N) is 4. The van der Waals surface area contributed by atoms with Crippen LogP contribution in [-0.4, -0.2) is 58.0 Å². The number of carbonyl (C=O) groups is 1. The summed E-state index contributed by atoms with van der Waals surface area (Å²) in [6.45, 7) is 3.65. The largest absolute Gasteiger partial charge is 0.353 e. The topological polar surface area (TPSA) is 75.1 Å². The number of nitrogens with one attached hydrogen (secondary N) is 2. The fourth-order valence-corrected chi connectivity index (χ4v) is 5.09. The molecule has 1 amide bonds. The minimum atomic E-state index is 0.178. The molecule has 4 fully saturated rings. The lowest BCUT2D eigenvalue weighted by molar-refractivity contribution is -0.134. The van der Waals surface area contributed by atoms with Crippen LogP contribution >= 0.6 is 0 Å². The Balaban J connectivity index is 1.32. The molecule has 2 unspecified atom stereocenters. The van der Waals surface area contributed by atoms with Crippen LogP contribution in [-0.2, 0) is 17.9 Å². The summed E-state index contributed by atoms with van der Waals surface area (Å²) in [6.07, 6.45) is 10.5. The Bertz CT molecular complexity index is 611. The molecule has 0 spiro atoms. The first-order valence-electron chi connectivity index (χ1n) is 10.3. The maximum Gasteiger partial charge on any atom is 0.224 e. The summed E-state index contributed by atoms with van der Waals surface area (Å²) in [4.78, 5) is 15.3. The Morgan fingerprint density at radius 2 is 2.12 bits per heavy atom. The van der Waals surface area contributed by atoms with E-state index >= 15 is 0 Å². The van der Waals surface area contributed by atoms with E-state index in [1.54, 1.807) is 0 Å². The van der Waals surface area contributed by atoms with Crippen molar-refractivity contribution >= 4 is 5.91 Å². The number of amides is 1. The maximum absolute atomic E-state index is 12.8. The Labute approximate surface area is 155 Å². The van der Waals surface area contributed by atoms with Gasteiger partial charge in [-0.3, -0.25) is 14.4 Å². The number of hydrogen-bond donors (Lipinski definition) is 2. The van der Waals surface area contributed by atoms with E-state index in [4.69, 9.17) is 0 Å². The van der Waals surface area contributed by atoms with Gasteiger partial charge in [-0.1, -0.05) is 24.5 Å². The summed E-state index contributed by atoms with van der Waals surface area (Å²) in [5, 5.41) is 14.9. The van der Waals surface area contributed by atoms with E-state index in [1.165, 1.54) is 19.3 Å². The average molecular weight is 361 g/mol. The van der Waals surface area contributed by atoms with Gasteiger partial charge in [0.25, 0.3) is 0 Å². The minimum Gasteiger partial charge on any atom is -0.353 e. The second kappa shape index (κ2) is 8.05. The summed E-state index contributed by atoms with van der Waals surface area (Å²) in [5.74, 6) is 1.01. The third kappa shape index (κ3) is 3.93. The molecule has 1 aliphatic carbocycles. The molecule has 7 nitrogen and oxygen atoms in total. The van der Waals surface area contributed by atoms with Gasteiger partial charge >= 0.3 is 0 Å². The summed E-state index contributed by atoms with van der Waals surface area (Å²) in [7, 11) is 1.92. The van der Waals surface area contributed by atoms with E-state index in [-0.39, 0.29) is 5.92 Å². The van der Waals surface area contributed by atoms with Crippen LogP contribution in [0, 0.1) is 11.8 Å². The Hall–Kier alpha value is -1.47. The van der Waals surface area contributed by atoms with Crippen LogP contribution in [0.25, 0.3) is 0 Å². The monoisotopic (exact) mass is 360 g/mol. The molecule has 3 saturated heterocycles. The third-order valence-electron chi connectivity index (χ3n) is 6.51. The summed E-state index contributed by atoms with van der Waals surface area (Å²) in [6, 6.07) is 0.903. The second-order valence-corrected chi connectivity index (χ2v) is 8.35. The zero-order valence-electron chi connectivity index (χ0n) is 15.9. The van der Waals surface area contributed by atoms with E-state index in [0.717, 1.165) is 57.6 Å². The lowest BCUT2D eigenvalue weighted by Gasteiger charge is -2.49. The lowest BCUT2D eigenvalue weighted by Crippen LogP contribution is -2.58. The fraction of sp³-hybridized carbons (Fsp3) is 0.842. The predicted octanol–water partition coefficient (Wildman–Crippen LogP) is 1.16. The number of carbonyl (C=O) groups excluding carboxylic acids is 1. The van der Waals surface area contributed by atoms with Crippen LogP contribution < -0.4 is 10.6 Å². The first-order valence-corrected chi connectivity index (χ1v) is 10.3. The van der Waals surface area contributed by atoms with Gasteiger partial charge in [0.1, 0.15) is 0 Å². The highest BCUT2D eigenvalue weighted by molar-refractivity contribution is 5.79. The third-order valence-corrected chi connectivity index (χ3v) is 6.51. The molecule has 4 atom stereocenters. The summed E-state index contributed by atoms with van der Waals surface area (Å²) in [5.41, 5.74) is 0.980. The second-order valence-electron chi connectivity index (χ2n) is 8.35. The highest BCUT2D eigenvalue weighted by atomic mass is 16.2. The molecular formula is C19H32N6O. The highest BCUT2D eigenvalue weighted by Gasteiger charge is 2.43. The van der Waals surface area contributed by atoms with E-state index in [2.05, 4.69) is 25.8 Å². The van der Waals surface area contributed by atoms with Crippen molar-refractivity contribution in [1.82, 2.24) is 30.5 Å². The molecular weight excluding hydrogens is 328 g/mol. The van der Waals surface area contributed by atoms with E-state index in [0.29, 0.717) is 23.9 Å². The first-order chi connectivity index (χ1) is 12.7. The van der Waals surface area contributed by atoms with Crippen molar-refractivity contribution in [3.63, 3.8) is 0 Å². The van der Waals surface area contributed by atoms with Gasteiger partial charge in [0.05, 0.1) is 18.2 Å². The number of fused-ring (bicyclic) bond motifs is 3. The Kier molecular flexibility index (Phi) is 5.55. The van der Waals surface area contributed by atoms with Crippen molar-refractivity contribution in [2.75, 3.05) is 20.1 Å². The molecule has 3 aliphatic heterocycles. The average Bonchev–Trinajstić information content (AvgIpc) is 3.10. The molecule has 1 aromatic rings. The molecule has 4 heterocycles. The smallest absolute Gasteiger partial charge is 0.224 e. The van der Waals surface area contributed by atoms with Crippen molar-refractivity contribution < 1.29 is 4.79 Å². The number of piperidine rings is 3. The van der Waals surface area contributed by atoms with Crippen molar-refractivity contribution in [1.29, 1.82) is 0 Å². The first kappa shape index (κ1) is 17.9. The van der Waals surface area contributed by atoms with E-state index in [9.17, 15) is 4.79 Å². The normalized spacial score (nSPS) is 31.9. The fourth-order valence-electron chi connectivity index (χ4n) is 5.09. The van der Waals surface area contributed by atoms with Crippen molar-refractivity contribution in [2.45, 2.75) is 70.1 Å². The molecule has 2 bridgehead atoms. The zero-order valence-corrected chi connectivity index (χ0v) is 15.9. The van der Waals surface area contributed by atoms with Crippen LogP contribution in [0.5, 0.6) is 0 Å². The van der Waals surface area contributed by atoms with Gasteiger partial charge < -0.3 is 10.6 Å². The molecule has 7 heteroatoms. The zero-order chi connectivity index (χ0) is 17.9. The van der Waals surface area contributed by atoms with Gasteiger partial charge in [0.2, 0.25) is 5.91 Å². The highest BCUT2D eigenvalue weighted by Crippen LogP contribution is 2.37. The van der Waals surface area contributed by atoms with Gasteiger partial charge in [0.15, 0.2) is 0 Å². The predicted molar refractivity (Wildman–Crippen MR) is 99.4 cm³/mol. The van der Waals surface area contributed by atoms with Gasteiger partial charge in [-0.15, -0.1) is 5.10 Å². The van der Waals surface area contributed by atoms with Crippen molar-refractivity contribution in [2.24, 2.45) is 11.8 Å². The molecule has 1 aromatic heterocycles. The van der Waals surface area contributed by atoms with E-state index in [1.807, 2.05) is 17.9 Å². The van der Waals surface area contributed by atoms with Crippen LogP contribution in [0.15, 0.2) is 6.20 Å². The number of aromatic nitrogens is 3. The molecule has 1 saturated carbocycles. The standard InChI is InChI=1S/C19H32N6O/c1-20-10-16-11-25(23-22-16)12-17-9-14-7-8-24(17)13-18(14)19(26)21-15-5-3-2-4-6-15/h11,14-15,17-18,20H,2-10,12-13H2,1H3,(H,21,26)/t14?,17-,18+/m1/s1. The molecule has 4 aliphatic rings. The van der Waals surface area contributed by atoms with Gasteiger partial charge in [-0.25, -0.2) is 0 Å². The van der Waals surface area contributed by atoms with Crippen molar-refractivity contribution in [3.8, 4) is 0 Å². The van der Waals surface area contributed by atoms with Crippen LogP contribution in [0.2, 0.25) is 0 Å². The number of hydrogen-bond acceptors (Lipinski definition) is 5. The van der Waals surface area contributed by atoms with E-state index < -0.39 is 0 Å². The molecule has 2 N–H and O–H groups in total. The van der Waals surface area contributed by atoms with Gasteiger partial charge in [-0.2, -0.15) is 0 Å². The SMILES string of the molecule is CNCc1cn(C[C@H]2CC3CCN2C[C@@H]3C(=O)NC2CCCCC2)nn1. The Morgan fingerprint density at radius 1 is 1.27 bits per heavy atom. The lowest BCUT2D eigenvalue weighted by atomic mass is 9.75. The van der Waals surface area contributed by atoms with Gasteiger partial charge in [0, 0.05) is 31.4 Å². The van der Waals surface area contributed by atoms with Crippen LogP contribution in [0.4, 0.5) is 0 Å². The molecule has 0 radical (unpaired) electrons. The quantitative estimate of drug-likeness (QED) is 0.796. The molecule has 5 rings (SSSR count). The summed E-state index contributed by atoms with van der Waals surface area (Å²) >= 11 is 0. The van der Waals surface area contributed by atoms with Crippen molar-refractivity contribution in [3.05, 3.63) is 11.9 Å². The maximum atomic E-state index is 12.8. The summed E-state index contributed by atoms with van der Waals surface area (Å²) < 4.78 is 1.97. The molecule has 144 valence electrons. The molecule has 0 aromatic carbocycles. The van der Waals surface area contributed by atoms with Crippen LogP contribution in [0.1, 0.15) is 50.6 Å². The van der Waals surface area contributed by atoms with Gasteiger partial charge in [-0.05, 0) is 45.2 Å². The van der Waals surface area contributed by atoms with Crippen LogP contribution in [0.3, 0.4) is 0 Å². The molecule has 26 heavy (non-hydrogen) atoms. The minimum absolute atomic E-state index is 0.178. The number of rotatable bonds is 6.